The van der Waals surface area contributed by atoms with Gasteiger partial charge in [0.2, 0.25) is 0 Å². The number of rotatable bonds is 4. The average Bonchev–Trinajstić information content (AvgIpc) is 2.36. The fraction of sp³-hybridized carbons (Fsp3) is 0.250. The van der Waals surface area contributed by atoms with Crippen molar-refractivity contribution in [3.8, 4) is 0 Å². The van der Waals surface area contributed by atoms with Gasteiger partial charge in [0.1, 0.15) is 0 Å². The Bertz CT molecular complexity index is 545. The minimum atomic E-state index is -4.91. The molecule has 0 atom stereocenters. The lowest BCUT2D eigenvalue weighted by Gasteiger charge is -2.16. The minimum absolute atomic E-state index is 0.0320. The van der Waals surface area contributed by atoms with Crippen LogP contribution >= 0.6 is 0 Å². The van der Waals surface area contributed by atoms with E-state index >= 15 is 0 Å². The first-order valence-corrected chi connectivity index (χ1v) is 5.52. The summed E-state index contributed by atoms with van der Waals surface area (Å²) in [5.74, 6) is 0. The molecule has 0 spiro atoms. The van der Waals surface area contributed by atoms with Crippen molar-refractivity contribution < 1.29 is 26.3 Å². The van der Waals surface area contributed by atoms with Gasteiger partial charge in [-0.25, -0.2) is 0 Å². The number of halogens is 6. The van der Waals surface area contributed by atoms with Crippen LogP contribution in [0.4, 0.5) is 26.3 Å². The van der Waals surface area contributed by atoms with Gasteiger partial charge >= 0.3 is 12.4 Å². The van der Waals surface area contributed by atoms with E-state index in [1.165, 1.54) is 0 Å². The monoisotopic (exact) mass is 311 g/mol. The van der Waals surface area contributed by atoms with Gasteiger partial charge in [0.05, 0.1) is 16.8 Å². The first kappa shape index (κ1) is 16.9. The van der Waals surface area contributed by atoms with Crippen LogP contribution in [-0.2, 0) is 18.9 Å². The third-order valence-corrected chi connectivity index (χ3v) is 2.47. The Kier molecular flexibility index (Phi) is 4.87. The highest BCUT2D eigenvalue weighted by atomic mass is 19.4. The molecule has 4 N–H and O–H groups in total. The maximum Gasteiger partial charge on any atom is 0.416 e. The van der Waals surface area contributed by atoms with Crippen LogP contribution in [0.2, 0.25) is 0 Å². The number of alkyl halides is 6. The van der Waals surface area contributed by atoms with Crippen molar-refractivity contribution in [1.82, 2.24) is 5.32 Å². The van der Waals surface area contributed by atoms with Crippen molar-refractivity contribution in [3.05, 3.63) is 46.8 Å². The number of nitrogens with one attached hydrogen (secondary N) is 2. The van der Waals surface area contributed by atoms with Crippen LogP contribution in [0.15, 0.2) is 30.1 Å². The summed E-state index contributed by atoms with van der Waals surface area (Å²) in [6, 6.07) is 1.41. The smallest absolute Gasteiger partial charge is 0.396 e. The van der Waals surface area contributed by atoms with E-state index in [2.05, 4.69) is 5.32 Å². The molecule has 0 bridgehead atoms. The third kappa shape index (κ3) is 4.69. The Morgan fingerprint density at radius 1 is 1.14 bits per heavy atom. The highest BCUT2D eigenvalue weighted by Crippen LogP contribution is 2.37. The molecule has 0 aromatic heterocycles. The maximum atomic E-state index is 12.8. The van der Waals surface area contributed by atoms with E-state index in [4.69, 9.17) is 11.1 Å². The first-order chi connectivity index (χ1) is 9.55. The van der Waals surface area contributed by atoms with Crippen molar-refractivity contribution in [3.63, 3.8) is 0 Å². The van der Waals surface area contributed by atoms with Crippen molar-refractivity contribution >= 4 is 6.21 Å². The number of allylic oxidation sites excluding steroid dienone is 1. The second-order valence-corrected chi connectivity index (χ2v) is 4.04. The summed E-state index contributed by atoms with van der Waals surface area (Å²) in [5, 5.41) is 9.17. The van der Waals surface area contributed by atoms with Gasteiger partial charge in [-0.3, -0.25) is 0 Å². The van der Waals surface area contributed by atoms with E-state index in [0.29, 0.717) is 6.07 Å². The summed E-state index contributed by atoms with van der Waals surface area (Å²) >= 11 is 0. The fourth-order valence-corrected chi connectivity index (χ4v) is 1.49. The van der Waals surface area contributed by atoms with E-state index in [1.54, 1.807) is 0 Å². The molecule has 0 unspecified atom stereocenters. The summed E-state index contributed by atoms with van der Waals surface area (Å²) in [4.78, 5) is 0. The molecule has 1 rings (SSSR count). The second kappa shape index (κ2) is 6.06. The number of nitrogens with two attached hydrogens (primary N) is 1. The minimum Gasteiger partial charge on any atom is -0.396 e. The van der Waals surface area contributed by atoms with E-state index in [-0.39, 0.29) is 23.9 Å². The summed E-state index contributed by atoms with van der Waals surface area (Å²) in [5.41, 5.74) is 2.10. The molecule has 0 aliphatic rings. The SMILES string of the molecule is N=C/C(N)=C\NCc1ccc(C(F)(F)F)cc1C(F)(F)F. The van der Waals surface area contributed by atoms with Gasteiger partial charge in [0, 0.05) is 19.0 Å². The summed E-state index contributed by atoms with van der Waals surface area (Å²) < 4.78 is 75.8. The van der Waals surface area contributed by atoms with Gasteiger partial charge in [0.25, 0.3) is 0 Å². The normalized spacial score (nSPS) is 13.1. The lowest BCUT2D eigenvalue weighted by molar-refractivity contribution is -0.143. The molecule has 0 saturated heterocycles. The van der Waals surface area contributed by atoms with Gasteiger partial charge in [-0.2, -0.15) is 26.3 Å². The van der Waals surface area contributed by atoms with Gasteiger partial charge < -0.3 is 16.5 Å². The molecular formula is C12H11F6N3. The Morgan fingerprint density at radius 3 is 2.24 bits per heavy atom. The standard InChI is InChI=1S/C12H11F6N3/c13-11(14,15)8-2-1-7(5-21-6-9(20)4-19)10(3-8)12(16,17)18/h1-4,6,19,21H,5,20H2/b9-6+,19-4?. The number of hydrogen-bond donors (Lipinski definition) is 3. The molecule has 0 saturated carbocycles. The van der Waals surface area contributed by atoms with Gasteiger partial charge in [0.15, 0.2) is 0 Å². The molecule has 116 valence electrons. The molecule has 9 heteroatoms. The Balaban J connectivity index is 3.12. The van der Waals surface area contributed by atoms with Crippen LogP contribution in [0, 0.1) is 5.41 Å². The Labute approximate surface area is 115 Å². The fourth-order valence-electron chi connectivity index (χ4n) is 1.49. The van der Waals surface area contributed by atoms with Crippen LogP contribution in [0.5, 0.6) is 0 Å². The second-order valence-electron chi connectivity index (χ2n) is 4.04. The molecule has 1 aromatic rings. The molecule has 0 aliphatic heterocycles. The molecule has 0 heterocycles. The topological polar surface area (TPSA) is 61.9 Å². The zero-order valence-electron chi connectivity index (χ0n) is 10.4. The molecule has 1 aromatic carbocycles. The molecule has 21 heavy (non-hydrogen) atoms. The molecular weight excluding hydrogens is 300 g/mol. The van der Waals surface area contributed by atoms with Crippen LogP contribution in [0.3, 0.4) is 0 Å². The molecule has 0 radical (unpaired) electrons. The molecule has 0 aliphatic carbocycles. The van der Waals surface area contributed by atoms with Gasteiger partial charge in [-0.1, -0.05) is 6.07 Å². The molecule has 3 nitrogen and oxygen atoms in total. The Hall–Kier alpha value is -2.19. The van der Waals surface area contributed by atoms with E-state index in [0.717, 1.165) is 18.5 Å². The van der Waals surface area contributed by atoms with Crippen LogP contribution in [-0.4, -0.2) is 6.21 Å². The Morgan fingerprint density at radius 2 is 1.76 bits per heavy atom. The number of hydrogen-bond acceptors (Lipinski definition) is 3. The quantitative estimate of drug-likeness (QED) is 0.590. The third-order valence-electron chi connectivity index (χ3n) is 2.47. The van der Waals surface area contributed by atoms with Crippen LogP contribution < -0.4 is 11.1 Å². The highest BCUT2D eigenvalue weighted by Gasteiger charge is 2.37. The summed E-state index contributed by atoms with van der Waals surface area (Å²) in [6.07, 6.45) is -7.90. The van der Waals surface area contributed by atoms with Gasteiger partial charge in [-0.15, -0.1) is 0 Å². The first-order valence-electron chi connectivity index (χ1n) is 5.52. The summed E-state index contributed by atoms with van der Waals surface area (Å²) in [6.45, 7) is -0.373. The summed E-state index contributed by atoms with van der Waals surface area (Å²) in [7, 11) is 0. The lowest BCUT2D eigenvalue weighted by atomic mass is 10.0. The predicted octanol–water partition coefficient (Wildman–Crippen LogP) is 3.26. The van der Waals surface area contributed by atoms with E-state index in [1.807, 2.05) is 0 Å². The van der Waals surface area contributed by atoms with E-state index < -0.39 is 23.5 Å². The molecule has 0 fully saturated rings. The predicted molar refractivity (Wildman–Crippen MR) is 64.3 cm³/mol. The van der Waals surface area contributed by atoms with E-state index in [9.17, 15) is 26.3 Å². The van der Waals surface area contributed by atoms with Crippen molar-refractivity contribution in [2.24, 2.45) is 5.73 Å². The zero-order chi connectivity index (χ0) is 16.3. The average molecular weight is 311 g/mol. The highest BCUT2D eigenvalue weighted by molar-refractivity contribution is 5.73. The van der Waals surface area contributed by atoms with Crippen molar-refractivity contribution in [2.45, 2.75) is 18.9 Å². The lowest BCUT2D eigenvalue weighted by Crippen LogP contribution is -2.17. The largest absolute Gasteiger partial charge is 0.416 e. The number of benzene rings is 1. The van der Waals surface area contributed by atoms with Crippen LogP contribution in [0.25, 0.3) is 0 Å². The van der Waals surface area contributed by atoms with Crippen molar-refractivity contribution in [1.29, 1.82) is 5.41 Å². The molecule has 0 amide bonds. The van der Waals surface area contributed by atoms with Gasteiger partial charge in [-0.05, 0) is 17.7 Å². The zero-order valence-corrected chi connectivity index (χ0v) is 10.4. The van der Waals surface area contributed by atoms with Crippen LogP contribution in [0.1, 0.15) is 16.7 Å². The maximum absolute atomic E-state index is 12.8. The van der Waals surface area contributed by atoms with Crippen molar-refractivity contribution in [2.75, 3.05) is 0 Å².